The molecule has 0 spiro atoms. The minimum Gasteiger partial charge on any atom is -0.370 e. The molecule has 0 amide bonds. The number of halogens is 38. The van der Waals surface area contributed by atoms with Crippen LogP contribution in [0.1, 0.15) is 11.1 Å². The van der Waals surface area contributed by atoms with E-state index in [4.69, 9.17) is 0 Å². The first kappa shape index (κ1) is 65.7. The quantitative estimate of drug-likeness (QED) is 0.104. The second-order valence-corrected chi connectivity index (χ2v) is 14.5. The molecule has 2 rings (SSSR count). The molecular weight excluding hydrogens is 1170 g/mol. The maximum absolute atomic E-state index is 14.3. The van der Waals surface area contributed by atoms with Gasteiger partial charge in [0, 0.05) is 12.4 Å². The smallest absolute Gasteiger partial charge is 0.370 e. The van der Waals surface area contributed by atoms with Crippen LogP contribution in [0.2, 0.25) is 0 Å². The number of pyridine rings is 2. The first-order chi connectivity index (χ1) is 32.1. The molecule has 0 radical (unpaired) electrons. The summed E-state index contributed by atoms with van der Waals surface area (Å²) < 4.78 is 523. The van der Waals surface area contributed by atoms with Crippen molar-refractivity contribution in [3.8, 4) is 11.4 Å². The van der Waals surface area contributed by atoms with Crippen LogP contribution >= 0.6 is 0 Å². The molecule has 0 saturated heterocycles. The van der Waals surface area contributed by atoms with E-state index in [-0.39, 0.29) is 0 Å². The number of nitrogens with zero attached hydrogens (tertiary/aromatic N) is 2. The third kappa shape index (κ3) is 9.49. The lowest BCUT2D eigenvalue weighted by Crippen LogP contribution is -2.76. The van der Waals surface area contributed by atoms with E-state index >= 15 is 0 Å². The number of rotatable bonds is 23. The largest absolute Gasteiger partial charge is 0.460 e. The first-order valence-electron chi connectivity index (χ1n) is 17.4. The van der Waals surface area contributed by atoms with Crippen molar-refractivity contribution in [2.75, 3.05) is 13.2 Å². The van der Waals surface area contributed by atoms with Crippen LogP contribution < -0.4 is 0 Å². The van der Waals surface area contributed by atoms with E-state index in [0.29, 0.717) is 36.7 Å². The van der Waals surface area contributed by atoms with E-state index in [9.17, 15) is 167 Å². The van der Waals surface area contributed by atoms with E-state index in [1.54, 1.807) is 0 Å². The summed E-state index contributed by atoms with van der Waals surface area (Å²) in [4.78, 5) is 6.87. The maximum Gasteiger partial charge on any atom is 0.460 e. The number of ether oxygens (including phenoxy) is 2. The van der Waals surface area contributed by atoms with Crippen LogP contribution in [0.25, 0.3) is 11.4 Å². The van der Waals surface area contributed by atoms with Crippen molar-refractivity contribution in [1.29, 1.82) is 0 Å². The van der Waals surface area contributed by atoms with Crippen molar-refractivity contribution >= 4 is 0 Å². The van der Waals surface area contributed by atoms with Crippen LogP contribution in [0.5, 0.6) is 0 Å². The van der Waals surface area contributed by atoms with Gasteiger partial charge in [-0.3, -0.25) is 9.97 Å². The highest BCUT2D eigenvalue weighted by molar-refractivity contribution is 5.55. The van der Waals surface area contributed by atoms with Crippen LogP contribution in [0.4, 0.5) is 167 Å². The Morgan fingerprint density at radius 1 is 0.270 bits per heavy atom. The summed E-state index contributed by atoms with van der Waals surface area (Å²) in [5.74, 6) is -138. The van der Waals surface area contributed by atoms with Crippen LogP contribution in [-0.2, 0) is 22.7 Å². The zero-order valence-corrected chi connectivity index (χ0v) is 33.4. The first-order valence-corrected chi connectivity index (χ1v) is 17.4. The van der Waals surface area contributed by atoms with Crippen molar-refractivity contribution in [3.05, 3.63) is 47.8 Å². The highest BCUT2D eigenvalue weighted by atomic mass is 19.4. The van der Waals surface area contributed by atoms with Gasteiger partial charge in [0.25, 0.3) is 0 Å². The Labute approximate surface area is 379 Å². The fourth-order valence-corrected chi connectivity index (χ4v) is 4.97. The van der Waals surface area contributed by atoms with Gasteiger partial charge >= 0.3 is 107 Å². The van der Waals surface area contributed by atoms with E-state index in [0.717, 1.165) is 0 Å². The SMILES string of the molecule is FC(F)(F)C(F)(F)C(F)(F)C(F)(F)C(F)(F)C(F)(F)C(F)(F)C(F)(F)C(F)(F)COCc1ccnc(-c2cc(COCC(F)(F)C(F)(F)C(F)(F)C(F)(F)C(F)(F)C(F)(F)C(F)(F)C(F)(F)C(F)(F)F)ccn2)c1. The van der Waals surface area contributed by atoms with Gasteiger partial charge in [-0.25, -0.2) is 0 Å². The molecule has 4 nitrogen and oxygen atoms in total. The van der Waals surface area contributed by atoms with E-state index in [2.05, 4.69) is 19.4 Å². The zero-order chi connectivity index (χ0) is 59.2. The topological polar surface area (TPSA) is 44.2 Å². The Balaban J connectivity index is 2.33. The summed E-state index contributed by atoms with van der Waals surface area (Å²) in [5, 5.41) is 0. The van der Waals surface area contributed by atoms with Gasteiger partial charge in [-0.15, -0.1) is 0 Å². The number of hydrogen-bond acceptors (Lipinski definition) is 4. The molecule has 0 aromatic carbocycles. The molecule has 430 valence electrons. The van der Waals surface area contributed by atoms with Crippen molar-refractivity contribution in [3.63, 3.8) is 0 Å². The molecule has 0 fully saturated rings. The molecule has 2 aromatic rings. The monoisotopic (exact) mass is 1180 g/mol. The Hall–Kier alpha value is -4.44. The highest BCUT2D eigenvalue weighted by Gasteiger charge is 2.98. The second-order valence-electron chi connectivity index (χ2n) is 14.5. The van der Waals surface area contributed by atoms with Crippen molar-refractivity contribution in [1.82, 2.24) is 9.97 Å². The molecule has 2 aromatic heterocycles. The Bertz CT molecular complexity index is 2120. The van der Waals surface area contributed by atoms with Gasteiger partial charge in [0.2, 0.25) is 0 Å². The predicted octanol–water partition coefficient (Wildman–Crippen LogP) is 14.5. The van der Waals surface area contributed by atoms with Crippen LogP contribution in [-0.4, -0.2) is 130 Å². The molecule has 2 heterocycles. The van der Waals surface area contributed by atoms with Gasteiger partial charge in [-0.1, -0.05) is 0 Å². The third-order valence-electron chi connectivity index (χ3n) is 9.38. The van der Waals surface area contributed by atoms with Gasteiger partial charge in [-0.2, -0.15) is 167 Å². The highest BCUT2D eigenvalue weighted by Crippen LogP contribution is 2.67. The fraction of sp³-hybridized carbons (Fsp3) is 0.688. The predicted molar refractivity (Wildman–Crippen MR) is 158 cm³/mol. The van der Waals surface area contributed by atoms with E-state index in [1.807, 2.05) is 0 Å². The molecule has 0 N–H and O–H groups in total. The van der Waals surface area contributed by atoms with E-state index in [1.165, 1.54) is 0 Å². The van der Waals surface area contributed by atoms with Gasteiger partial charge in [-0.05, 0) is 35.4 Å². The average Bonchev–Trinajstić information content (AvgIpc) is 3.21. The molecule has 0 aliphatic heterocycles. The zero-order valence-electron chi connectivity index (χ0n) is 33.4. The van der Waals surface area contributed by atoms with Gasteiger partial charge in [0.1, 0.15) is 13.2 Å². The van der Waals surface area contributed by atoms with Crippen molar-refractivity contribution in [2.24, 2.45) is 0 Å². The Kier molecular flexibility index (Phi) is 16.5. The van der Waals surface area contributed by atoms with Crippen LogP contribution in [0, 0.1) is 0 Å². The molecule has 0 bridgehead atoms. The minimum absolute atomic E-state index is 0.419. The number of alkyl halides is 38. The van der Waals surface area contributed by atoms with Gasteiger partial charge < -0.3 is 9.47 Å². The number of aromatic nitrogens is 2. The van der Waals surface area contributed by atoms with Gasteiger partial charge in [0.15, 0.2) is 0 Å². The number of hydrogen-bond donors (Lipinski definition) is 0. The van der Waals surface area contributed by atoms with Gasteiger partial charge in [0.05, 0.1) is 24.6 Å². The standard InChI is InChI=1S/C32H14F38N2O2/c33-15(34,17(37,38)19(41,42)21(45,46)23(49,50)25(53,54)27(57,58)29(61,62)31(65,66)67)9-73-7-11-1-3-71-13(5-11)14-6-12(2-4-72-14)8-74-10-16(35,36)18(39,40)20(43,44)22(47,48)24(51,52)26(55,56)28(59,60)30(63,64)32(68,69)70/h1-6H,7-10H2. The Morgan fingerprint density at radius 2 is 0.459 bits per heavy atom. The van der Waals surface area contributed by atoms with Crippen LogP contribution in [0.3, 0.4) is 0 Å². The molecule has 0 aliphatic rings. The normalized spacial score (nSPS) is 16.0. The summed E-state index contributed by atoms with van der Waals surface area (Å²) in [6, 6.07) is 1.86. The molecule has 42 heteroatoms. The summed E-state index contributed by atoms with van der Waals surface area (Å²) in [5.41, 5.74) is -3.23. The Morgan fingerprint density at radius 3 is 0.662 bits per heavy atom. The van der Waals surface area contributed by atoms with Crippen molar-refractivity contribution in [2.45, 2.75) is 120 Å². The molecular formula is C32H14F38N2O2. The van der Waals surface area contributed by atoms with E-state index < -0.39 is 156 Å². The molecule has 74 heavy (non-hydrogen) atoms. The third-order valence-corrected chi connectivity index (χ3v) is 9.38. The molecule has 0 aliphatic carbocycles. The van der Waals surface area contributed by atoms with Crippen molar-refractivity contribution < 1.29 is 176 Å². The average molecular weight is 1180 g/mol. The summed E-state index contributed by atoms with van der Waals surface area (Å²) >= 11 is 0. The summed E-state index contributed by atoms with van der Waals surface area (Å²) in [6.45, 7) is -10.5. The lowest BCUT2D eigenvalue weighted by Gasteiger charge is -2.43. The summed E-state index contributed by atoms with van der Waals surface area (Å²) in [7, 11) is 0. The molecule has 0 unspecified atom stereocenters. The maximum atomic E-state index is 14.3. The lowest BCUT2D eigenvalue weighted by atomic mass is 9.87. The minimum atomic E-state index is -9.21. The molecule has 0 saturated carbocycles. The molecule has 0 atom stereocenters. The second kappa shape index (κ2) is 18.6. The lowest BCUT2D eigenvalue weighted by molar-refractivity contribution is -0.469. The summed E-state index contributed by atoms with van der Waals surface area (Å²) in [6.07, 6.45) is -15.3. The fourth-order valence-electron chi connectivity index (χ4n) is 4.97. The van der Waals surface area contributed by atoms with Crippen LogP contribution in [0.15, 0.2) is 36.7 Å².